The second-order valence-electron chi connectivity index (χ2n) is 4.41. The first-order valence-electron chi connectivity index (χ1n) is 4.69. The Labute approximate surface area is 78.6 Å². The molecule has 2 atom stereocenters. The smallest absolute Gasteiger partial charge is 0.150 e. The van der Waals surface area contributed by atoms with E-state index in [-0.39, 0.29) is 35.4 Å². The van der Waals surface area contributed by atoms with Crippen LogP contribution in [0.3, 0.4) is 0 Å². The van der Waals surface area contributed by atoms with Crippen molar-refractivity contribution in [1.82, 2.24) is 0 Å². The fourth-order valence-corrected chi connectivity index (χ4v) is 4.81. The summed E-state index contributed by atoms with van der Waals surface area (Å²) in [5, 5.41) is 0. The lowest BCUT2D eigenvalue weighted by Gasteiger charge is -2.42. The largest absolute Gasteiger partial charge is 0.328 e. The Morgan fingerprint density at radius 2 is 1.46 bits per heavy atom. The van der Waals surface area contributed by atoms with E-state index in [9.17, 15) is 8.42 Å². The lowest BCUT2D eigenvalue weighted by molar-refractivity contribution is 0.217. The van der Waals surface area contributed by atoms with Gasteiger partial charge in [-0.3, -0.25) is 0 Å². The summed E-state index contributed by atoms with van der Waals surface area (Å²) in [4.78, 5) is 0. The number of hydrogen-bond donors (Lipinski definition) is 2. The van der Waals surface area contributed by atoms with E-state index in [0.717, 1.165) is 12.8 Å². The molecule has 2 unspecified atom stereocenters. The molecular weight excluding hydrogens is 188 g/mol. The van der Waals surface area contributed by atoms with Gasteiger partial charge in [0.15, 0.2) is 9.84 Å². The van der Waals surface area contributed by atoms with Crippen LogP contribution in [0.5, 0.6) is 0 Å². The summed E-state index contributed by atoms with van der Waals surface area (Å²) in [5.41, 5.74) is 11.8. The summed E-state index contributed by atoms with van der Waals surface area (Å²) in [5.74, 6) is 0.705. The summed E-state index contributed by atoms with van der Waals surface area (Å²) in [6.07, 6.45) is 1.55. The van der Waals surface area contributed by atoms with Crippen LogP contribution in [0.25, 0.3) is 0 Å². The highest BCUT2D eigenvalue weighted by atomic mass is 32.2. The number of hydrogen-bond acceptors (Lipinski definition) is 4. The zero-order valence-corrected chi connectivity index (χ0v) is 8.33. The van der Waals surface area contributed by atoms with Crippen molar-refractivity contribution in [3.05, 3.63) is 0 Å². The molecule has 1 aliphatic carbocycles. The summed E-state index contributed by atoms with van der Waals surface area (Å²) in [6, 6.07) is 0.216. The van der Waals surface area contributed by atoms with Crippen LogP contribution in [0.1, 0.15) is 12.8 Å². The molecule has 2 bridgehead atoms. The molecule has 0 spiro atoms. The number of nitrogens with two attached hydrogens (primary N) is 2. The van der Waals surface area contributed by atoms with Crippen LogP contribution in [0, 0.1) is 11.8 Å². The van der Waals surface area contributed by atoms with Gasteiger partial charge in [-0.05, 0) is 24.7 Å². The lowest BCUT2D eigenvalue weighted by Crippen LogP contribution is -2.55. The molecule has 0 radical (unpaired) electrons. The standard InChI is InChI=1S/C8H16N2O2S/c9-7-1-5-3-13(11,12)4-6(2-7)8(5)10/h5-8H,1-4,9-10H2. The fourth-order valence-electron chi connectivity index (χ4n) is 2.65. The van der Waals surface area contributed by atoms with Crippen molar-refractivity contribution in [3.8, 4) is 0 Å². The normalized spacial score (nSPS) is 48.8. The first kappa shape index (κ1) is 9.43. The third-order valence-electron chi connectivity index (χ3n) is 3.24. The predicted molar refractivity (Wildman–Crippen MR) is 50.8 cm³/mol. The van der Waals surface area contributed by atoms with Gasteiger partial charge in [-0.2, -0.15) is 0 Å². The van der Waals surface area contributed by atoms with Crippen molar-refractivity contribution in [2.24, 2.45) is 23.3 Å². The second kappa shape index (κ2) is 2.93. The van der Waals surface area contributed by atoms with E-state index >= 15 is 0 Å². The van der Waals surface area contributed by atoms with Crippen LogP contribution in [0.4, 0.5) is 0 Å². The zero-order chi connectivity index (χ0) is 9.64. The Balaban J connectivity index is 2.23. The molecule has 0 aromatic carbocycles. The van der Waals surface area contributed by atoms with Crippen LogP contribution in [0.2, 0.25) is 0 Å². The van der Waals surface area contributed by atoms with Crippen molar-refractivity contribution < 1.29 is 8.42 Å². The van der Waals surface area contributed by atoms with Gasteiger partial charge in [0.2, 0.25) is 0 Å². The Hall–Kier alpha value is -0.130. The minimum absolute atomic E-state index is 0.0586. The quantitative estimate of drug-likeness (QED) is 0.535. The van der Waals surface area contributed by atoms with Crippen molar-refractivity contribution in [3.63, 3.8) is 0 Å². The molecule has 2 rings (SSSR count). The fraction of sp³-hybridized carbons (Fsp3) is 1.00. The van der Waals surface area contributed by atoms with Gasteiger partial charge in [-0.25, -0.2) is 8.42 Å². The topological polar surface area (TPSA) is 86.2 Å². The highest BCUT2D eigenvalue weighted by molar-refractivity contribution is 7.91. The Morgan fingerprint density at radius 1 is 1.00 bits per heavy atom. The van der Waals surface area contributed by atoms with Gasteiger partial charge in [0.25, 0.3) is 0 Å². The third-order valence-corrected chi connectivity index (χ3v) is 5.11. The summed E-state index contributed by atoms with van der Waals surface area (Å²) in [7, 11) is -2.83. The highest BCUT2D eigenvalue weighted by Gasteiger charge is 2.42. The van der Waals surface area contributed by atoms with Gasteiger partial charge in [-0.15, -0.1) is 0 Å². The molecule has 2 aliphatic rings. The van der Waals surface area contributed by atoms with Crippen LogP contribution in [-0.4, -0.2) is 32.0 Å². The minimum Gasteiger partial charge on any atom is -0.328 e. The van der Waals surface area contributed by atoms with Crippen LogP contribution in [-0.2, 0) is 9.84 Å². The SMILES string of the molecule is NC1CC2CS(=O)(=O)CC(C1)C2N. The maximum absolute atomic E-state index is 11.4. The molecule has 1 aliphatic heterocycles. The van der Waals surface area contributed by atoms with E-state index < -0.39 is 9.84 Å². The second-order valence-corrected chi connectivity index (χ2v) is 6.56. The molecule has 0 amide bonds. The van der Waals surface area contributed by atoms with Gasteiger partial charge >= 0.3 is 0 Å². The van der Waals surface area contributed by atoms with Gasteiger partial charge in [0, 0.05) is 12.1 Å². The van der Waals surface area contributed by atoms with Crippen LogP contribution in [0.15, 0.2) is 0 Å². The van der Waals surface area contributed by atoms with E-state index in [1.807, 2.05) is 0 Å². The molecule has 76 valence electrons. The van der Waals surface area contributed by atoms with E-state index in [0.29, 0.717) is 0 Å². The molecule has 1 heterocycles. The van der Waals surface area contributed by atoms with Gasteiger partial charge in [0.05, 0.1) is 11.5 Å². The summed E-state index contributed by atoms with van der Waals surface area (Å²) < 4.78 is 22.8. The average molecular weight is 204 g/mol. The summed E-state index contributed by atoms with van der Waals surface area (Å²) >= 11 is 0. The number of fused-ring (bicyclic) bond motifs is 2. The highest BCUT2D eigenvalue weighted by Crippen LogP contribution is 2.34. The van der Waals surface area contributed by atoms with Crippen LogP contribution < -0.4 is 11.5 Å². The predicted octanol–water partition coefficient (Wildman–Crippen LogP) is -0.904. The molecule has 2 fully saturated rings. The molecule has 5 heteroatoms. The van der Waals surface area contributed by atoms with Crippen LogP contribution >= 0.6 is 0 Å². The maximum atomic E-state index is 11.4. The van der Waals surface area contributed by atoms with E-state index in [1.54, 1.807) is 0 Å². The van der Waals surface area contributed by atoms with Gasteiger partial charge in [0.1, 0.15) is 0 Å². The Kier molecular flexibility index (Phi) is 2.13. The zero-order valence-electron chi connectivity index (χ0n) is 7.52. The lowest BCUT2D eigenvalue weighted by atomic mass is 9.76. The monoisotopic (exact) mass is 204 g/mol. The number of sulfone groups is 1. The van der Waals surface area contributed by atoms with E-state index in [4.69, 9.17) is 11.5 Å². The Morgan fingerprint density at radius 3 is 1.92 bits per heavy atom. The van der Waals surface area contributed by atoms with Gasteiger partial charge in [-0.1, -0.05) is 0 Å². The molecule has 13 heavy (non-hydrogen) atoms. The Bertz CT molecular complexity index is 279. The molecule has 0 aromatic heterocycles. The van der Waals surface area contributed by atoms with Crippen molar-refractivity contribution in [2.45, 2.75) is 24.9 Å². The third kappa shape index (κ3) is 1.73. The van der Waals surface area contributed by atoms with E-state index in [2.05, 4.69) is 0 Å². The molecule has 0 aromatic rings. The molecule has 4 N–H and O–H groups in total. The molecule has 1 saturated heterocycles. The van der Waals surface area contributed by atoms with E-state index in [1.165, 1.54) is 0 Å². The molecule has 4 nitrogen and oxygen atoms in total. The minimum atomic E-state index is -2.83. The van der Waals surface area contributed by atoms with Gasteiger partial charge < -0.3 is 11.5 Å². The number of rotatable bonds is 0. The first-order valence-corrected chi connectivity index (χ1v) is 6.51. The maximum Gasteiger partial charge on any atom is 0.150 e. The van der Waals surface area contributed by atoms with Crippen molar-refractivity contribution in [2.75, 3.05) is 11.5 Å². The first-order chi connectivity index (χ1) is 5.98. The summed E-state index contributed by atoms with van der Waals surface area (Å²) in [6.45, 7) is 0. The van der Waals surface area contributed by atoms with Crippen molar-refractivity contribution in [1.29, 1.82) is 0 Å². The molecular formula is C8H16N2O2S. The van der Waals surface area contributed by atoms with Crippen molar-refractivity contribution >= 4 is 9.84 Å². The molecule has 1 saturated carbocycles. The average Bonchev–Trinajstić information content (AvgIpc) is 1.94.